The van der Waals surface area contributed by atoms with E-state index in [0.29, 0.717) is 0 Å². The fraction of sp³-hybridized carbons (Fsp3) is 0.242. The summed E-state index contributed by atoms with van der Waals surface area (Å²) in [5.74, 6) is 0. The Morgan fingerprint density at radius 3 is 2.11 bits per heavy atom. The minimum Gasteiger partial charge on any atom is -0.347 e. The zero-order valence-electron chi connectivity index (χ0n) is 21.6. The highest BCUT2D eigenvalue weighted by molar-refractivity contribution is 6.07. The third-order valence-electron chi connectivity index (χ3n) is 8.31. The molecule has 4 aromatic carbocycles. The fourth-order valence-electron chi connectivity index (χ4n) is 6.54. The van der Waals surface area contributed by atoms with Crippen LogP contribution in [0.3, 0.4) is 0 Å². The second-order valence-corrected chi connectivity index (χ2v) is 11.0. The molecule has 0 atom stereocenters. The summed E-state index contributed by atoms with van der Waals surface area (Å²) < 4.78 is 2.39. The Labute approximate surface area is 208 Å². The average Bonchev–Trinajstić information content (AvgIpc) is 3.17. The van der Waals surface area contributed by atoms with Crippen molar-refractivity contribution in [2.75, 3.05) is 19.0 Å². The topological polar surface area (TPSA) is 6.25 Å². The van der Waals surface area contributed by atoms with Crippen LogP contribution in [0.15, 0.2) is 96.7 Å². The lowest BCUT2D eigenvalue weighted by Crippen LogP contribution is -2.26. The van der Waals surface area contributed by atoms with E-state index in [1.54, 1.807) is 0 Å². The minimum atomic E-state index is -0.0732. The van der Waals surface area contributed by atoms with E-state index < -0.39 is 0 Å². The van der Waals surface area contributed by atoms with Gasteiger partial charge in [0, 0.05) is 35.5 Å². The Kier molecular flexibility index (Phi) is 4.63. The molecule has 0 saturated carbocycles. The molecular weight excluding hydrogens is 424 g/mol. The number of anilines is 1. The van der Waals surface area contributed by atoms with Crippen molar-refractivity contribution in [1.82, 2.24) is 0 Å². The van der Waals surface area contributed by atoms with Crippen LogP contribution in [0.2, 0.25) is 0 Å². The third kappa shape index (κ3) is 2.99. The third-order valence-corrected chi connectivity index (χ3v) is 8.31. The van der Waals surface area contributed by atoms with Gasteiger partial charge in [-0.15, -0.1) is 0 Å². The zero-order chi connectivity index (χ0) is 24.5. The smallest absolute Gasteiger partial charge is 0.217 e. The molecule has 0 aliphatic carbocycles. The first-order valence-corrected chi connectivity index (χ1v) is 12.5. The molecule has 35 heavy (non-hydrogen) atoms. The summed E-state index contributed by atoms with van der Waals surface area (Å²) in [4.78, 5) is 2.36. The highest BCUT2D eigenvalue weighted by Crippen LogP contribution is 2.50. The number of fused-ring (bicyclic) bond motifs is 6. The van der Waals surface area contributed by atoms with Crippen molar-refractivity contribution in [3.63, 3.8) is 0 Å². The van der Waals surface area contributed by atoms with Gasteiger partial charge in [-0.3, -0.25) is 0 Å². The SMILES string of the molecule is CN1/C(=C\C=C/C2=[N+](C)c3c(ccc4ccccc34)C2(C)C)C(C)(C)c2c1ccc1ccccc21. The molecule has 2 heterocycles. The van der Waals surface area contributed by atoms with Gasteiger partial charge in [0.2, 0.25) is 5.69 Å². The maximum Gasteiger partial charge on any atom is 0.217 e. The van der Waals surface area contributed by atoms with Crippen LogP contribution < -0.4 is 4.90 Å². The van der Waals surface area contributed by atoms with E-state index in [2.05, 4.69) is 142 Å². The van der Waals surface area contributed by atoms with Crippen molar-refractivity contribution < 1.29 is 4.58 Å². The van der Waals surface area contributed by atoms with Crippen LogP contribution in [0, 0.1) is 0 Å². The maximum absolute atomic E-state index is 2.39. The average molecular weight is 458 g/mol. The number of likely N-dealkylation sites (N-methyl/N-ethyl adjacent to an activating group) is 1. The summed E-state index contributed by atoms with van der Waals surface area (Å²) in [5.41, 5.74) is 7.96. The predicted molar refractivity (Wildman–Crippen MR) is 150 cm³/mol. The van der Waals surface area contributed by atoms with E-state index in [1.165, 1.54) is 55.5 Å². The van der Waals surface area contributed by atoms with E-state index in [1.807, 2.05) is 0 Å². The lowest BCUT2D eigenvalue weighted by Gasteiger charge is -2.24. The van der Waals surface area contributed by atoms with Gasteiger partial charge in [-0.2, -0.15) is 4.58 Å². The first kappa shape index (κ1) is 21.9. The monoisotopic (exact) mass is 457 g/mol. The summed E-state index contributed by atoms with van der Waals surface area (Å²) >= 11 is 0. The van der Waals surface area contributed by atoms with Crippen LogP contribution in [0.1, 0.15) is 38.8 Å². The standard InChI is InChI=1S/C33H33N2/c1-32(2)26-20-18-23-13-8-10-15-25(23)31(26)35(6)28(32)16-11-17-29-33(3,4)30-24-14-9-7-12-22(24)19-21-27(30)34(29)5/h7-21H,1-6H3/q+1. The summed E-state index contributed by atoms with van der Waals surface area (Å²) in [6.07, 6.45) is 6.88. The number of nitrogens with zero attached hydrogens (tertiary/aromatic N) is 2. The molecule has 2 aliphatic rings. The molecule has 4 aromatic rings. The van der Waals surface area contributed by atoms with Gasteiger partial charge in [-0.25, -0.2) is 0 Å². The quantitative estimate of drug-likeness (QED) is 0.278. The minimum absolute atomic E-state index is 0.0562. The highest BCUT2D eigenvalue weighted by Gasteiger charge is 2.44. The van der Waals surface area contributed by atoms with E-state index in [9.17, 15) is 0 Å². The summed E-state index contributed by atoms with van der Waals surface area (Å²) in [5, 5.41) is 5.27. The van der Waals surface area contributed by atoms with Gasteiger partial charge in [0.1, 0.15) is 7.05 Å². The highest BCUT2D eigenvalue weighted by atomic mass is 15.2. The predicted octanol–water partition coefficient (Wildman–Crippen LogP) is 7.87. The van der Waals surface area contributed by atoms with Gasteiger partial charge < -0.3 is 4.90 Å². The van der Waals surface area contributed by atoms with E-state index in [4.69, 9.17) is 0 Å². The van der Waals surface area contributed by atoms with Crippen LogP contribution >= 0.6 is 0 Å². The lowest BCUT2D eigenvalue weighted by atomic mass is 9.80. The van der Waals surface area contributed by atoms with Crippen molar-refractivity contribution >= 4 is 38.6 Å². The van der Waals surface area contributed by atoms with Crippen LogP contribution in [-0.2, 0) is 10.8 Å². The molecule has 0 spiro atoms. The molecule has 0 fully saturated rings. The Morgan fingerprint density at radius 1 is 0.743 bits per heavy atom. The molecule has 0 unspecified atom stereocenters. The van der Waals surface area contributed by atoms with Gasteiger partial charge in [0.25, 0.3) is 0 Å². The van der Waals surface area contributed by atoms with Crippen molar-refractivity contribution in [2.24, 2.45) is 0 Å². The summed E-state index contributed by atoms with van der Waals surface area (Å²) in [6, 6.07) is 26.5. The number of allylic oxidation sites excluding steroid dienone is 4. The van der Waals surface area contributed by atoms with Crippen LogP contribution in [0.5, 0.6) is 0 Å². The van der Waals surface area contributed by atoms with Crippen molar-refractivity contribution in [2.45, 2.75) is 38.5 Å². The maximum atomic E-state index is 2.39. The number of benzene rings is 4. The normalized spacial score (nSPS) is 19.4. The fourth-order valence-corrected chi connectivity index (χ4v) is 6.54. The van der Waals surface area contributed by atoms with Crippen molar-refractivity contribution in [3.8, 4) is 0 Å². The Hall–Kier alpha value is -3.65. The van der Waals surface area contributed by atoms with E-state index in [-0.39, 0.29) is 10.8 Å². The molecule has 0 radical (unpaired) electrons. The summed E-state index contributed by atoms with van der Waals surface area (Å²) in [6.45, 7) is 9.37. The Balaban J connectivity index is 1.43. The second-order valence-electron chi connectivity index (χ2n) is 11.0. The van der Waals surface area contributed by atoms with E-state index in [0.717, 1.165) is 0 Å². The number of hydrogen-bond acceptors (Lipinski definition) is 1. The van der Waals surface area contributed by atoms with Crippen LogP contribution in [-0.4, -0.2) is 24.4 Å². The first-order valence-electron chi connectivity index (χ1n) is 12.5. The Bertz CT molecular complexity index is 1610. The van der Waals surface area contributed by atoms with Crippen LogP contribution in [0.25, 0.3) is 21.5 Å². The molecule has 0 N–H and O–H groups in total. The van der Waals surface area contributed by atoms with Gasteiger partial charge in [0.15, 0.2) is 5.71 Å². The zero-order valence-corrected chi connectivity index (χ0v) is 21.6. The molecule has 0 amide bonds. The molecule has 0 bridgehead atoms. The first-order chi connectivity index (χ1) is 16.7. The number of rotatable bonds is 2. The van der Waals surface area contributed by atoms with Crippen LogP contribution in [0.4, 0.5) is 11.4 Å². The van der Waals surface area contributed by atoms with E-state index >= 15 is 0 Å². The Morgan fingerprint density at radius 2 is 1.37 bits per heavy atom. The number of hydrogen-bond donors (Lipinski definition) is 0. The largest absolute Gasteiger partial charge is 0.347 e. The molecule has 2 nitrogen and oxygen atoms in total. The molecule has 6 rings (SSSR count). The molecule has 174 valence electrons. The molecular formula is C33H33N2+. The molecule has 2 aliphatic heterocycles. The van der Waals surface area contributed by atoms with Gasteiger partial charge in [0.05, 0.1) is 10.8 Å². The summed E-state index contributed by atoms with van der Waals surface area (Å²) in [7, 11) is 4.41. The second kappa shape index (κ2) is 7.42. The van der Waals surface area contributed by atoms with Crippen molar-refractivity contribution in [3.05, 3.63) is 108 Å². The van der Waals surface area contributed by atoms with Crippen molar-refractivity contribution in [1.29, 1.82) is 0 Å². The lowest BCUT2D eigenvalue weighted by molar-refractivity contribution is -0.399. The molecule has 0 aromatic heterocycles. The van der Waals surface area contributed by atoms with Gasteiger partial charge >= 0.3 is 0 Å². The van der Waals surface area contributed by atoms with Gasteiger partial charge in [-0.1, -0.05) is 80.6 Å². The molecule has 2 heteroatoms. The molecule has 0 saturated heterocycles. The van der Waals surface area contributed by atoms with Gasteiger partial charge in [-0.05, 0) is 53.8 Å².